The summed E-state index contributed by atoms with van der Waals surface area (Å²) in [6, 6.07) is 16.7. The first-order chi connectivity index (χ1) is 20.7. The van der Waals surface area contributed by atoms with Gasteiger partial charge < -0.3 is 24.6 Å². The topological polar surface area (TPSA) is 89.8 Å². The van der Waals surface area contributed by atoms with Crippen LogP contribution in [0.3, 0.4) is 0 Å². The Bertz CT molecular complexity index is 1470. The van der Waals surface area contributed by atoms with Gasteiger partial charge in [0.25, 0.3) is 0 Å². The Kier molecular flexibility index (Phi) is 7.85. The maximum absolute atomic E-state index is 9.34. The van der Waals surface area contributed by atoms with Crippen molar-refractivity contribution in [1.82, 2.24) is 20.2 Å². The van der Waals surface area contributed by atoms with Crippen LogP contribution in [0.15, 0.2) is 36.4 Å². The summed E-state index contributed by atoms with van der Waals surface area (Å²) in [5.74, 6) is 0.990. The predicted molar refractivity (Wildman–Crippen MR) is 164 cm³/mol. The first kappa shape index (κ1) is 27.4. The second-order valence-corrected chi connectivity index (χ2v) is 12.2. The second-order valence-electron chi connectivity index (χ2n) is 12.2. The van der Waals surface area contributed by atoms with E-state index in [9.17, 15) is 5.26 Å². The predicted octanol–water partition coefficient (Wildman–Crippen LogP) is 3.82. The lowest BCUT2D eigenvalue weighted by Crippen LogP contribution is -2.51. The lowest BCUT2D eigenvalue weighted by Gasteiger charge is -2.35. The van der Waals surface area contributed by atoms with Crippen molar-refractivity contribution in [2.75, 3.05) is 62.3 Å². The van der Waals surface area contributed by atoms with Crippen LogP contribution in [0, 0.1) is 18.3 Å². The van der Waals surface area contributed by atoms with Crippen molar-refractivity contribution in [3.8, 4) is 12.1 Å². The summed E-state index contributed by atoms with van der Waals surface area (Å²) in [4.78, 5) is 17.5. The van der Waals surface area contributed by atoms with Gasteiger partial charge in [-0.1, -0.05) is 30.3 Å². The van der Waals surface area contributed by atoms with E-state index in [2.05, 4.69) is 69.4 Å². The van der Waals surface area contributed by atoms with E-state index in [1.807, 2.05) is 0 Å². The highest BCUT2D eigenvalue weighted by molar-refractivity contribution is 5.96. The Morgan fingerprint density at radius 1 is 1.12 bits per heavy atom. The molecule has 4 aliphatic heterocycles. The molecule has 3 aromatic rings. The highest BCUT2D eigenvalue weighted by Gasteiger charge is 2.38. The van der Waals surface area contributed by atoms with Crippen LogP contribution < -0.4 is 19.9 Å². The van der Waals surface area contributed by atoms with E-state index in [1.165, 1.54) is 34.0 Å². The zero-order valence-corrected chi connectivity index (χ0v) is 24.6. The third-order valence-electron chi connectivity index (χ3n) is 9.40. The second kappa shape index (κ2) is 12.0. The molecule has 1 N–H and O–H groups in total. The van der Waals surface area contributed by atoms with Gasteiger partial charge in [0.15, 0.2) is 0 Å². The van der Waals surface area contributed by atoms with Crippen LogP contribution in [0.25, 0.3) is 10.8 Å². The van der Waals surface area contributed by atoms with Gasteiger partial charge in [-0.15, -0.1) is 0 Å². The van der Waals surface area contributed by atoms with Crippen molar-refractivity contribution < 1.29 is 9.47 Å². The average Bonchev–Trinajstić information content (AvgIpc) is 3.57. The Morgan fingerprint density at radius 3 is 2.86 bits per heavy atom. The van der Waals surface area contributed by atoms with Gasteiger partial charge >= 0.3 is 6.01 Å². The molecule has 0 saturated carbocycles. The maximum atomic E-state index is 9.34. The number of likely N-dealkylation sites (tertiary alicyclic amines) is 1. The molecule has 0 spiro atoms. The molecule has 3 atom stereocenters. The molecule has 0 aliphatic carbocycles. The number of nitriles is 1. The molecule has 42 heavy (non-hydrogen) atoms. The summed E-state index contributed by atoms with van der Waals surface area (Å²) >= 11 is 0. The molecule has 3 saturated heterocycles. The van der Waals surface area contributed by atoms with Crippen LogP contribution in [0.5, 0.6) is 6.01 Å². The number of nitrogens with one attached hydrogen (secondary N) is 1. The molecule has 1 aromatic heterocycles. The third kappa shape index (κ3) is 5.51. The molecule has 1 unspecified atom stereocenters. The number of benzene rings is 2. The van der Waals surface area contributed by atoms with E-state index in [0.717, 1.165) is 83.2 Å². The standard InChI is InChI=1S/C33H41N7O2/c1-23-6-2-7-24-8-3-10-30(31(23)24)39-14-4-9-28-29(21-39)36-33(37-32(28)40-16-13-35-25(19-40)11-12-34)41-17-5-15-38-20-27-18-26(38)22-42-27/h2-3,6-8,10,25-27,35H,4-5,9,11,13-22H2,1H3/t25?,26-,27-/m0/s1. The van der Waals surface area contributed by atoms with Gasteiger partial charge in [0, 0.05) is 68.0 Å². The molecule has 5 heterocycles. The lowest BCUT2D eigenvalue weighted by atomic mass is 10.0. The summed E-state index contributed by atoms with van der Waals surface area (Å²) in [5.41, 5.74) is 4.85. The Hall–Kier alpha value is -3.45. The Balaban J connectivity index is 1.16. The van der Waals surface area contributed by atoms with Gasteiger partial charge in [0.05, 0.1) is 44.0 Å². The fourth-order valence-corrected chi connectivity index (χ4v) is 7.34. The molecular weight excluding hydrogens is 526 g/mol. The fraction of sp³-hybridized carbons (Fsp3) is 0.545. The molecular formula is C33H41N7O2. The maximum Gasteiger partial charge on any atom is 0.318 e. The van der Waals surface area contributed by atoms with Crippen molar-refractivity contribution in [3.63, 3.8) is 0 Å². The van der Waals surface area contributed by atoms with Gasteiger partial charge in [-0.05, 0) is 49.6 Å². The van der Waals surface area contributed by atoms with E-state index in [0.29, 0.717) is 31.2 Å². The van der Waals surface area contributed by atoms with Crippen molar-refractivity contribution in [2.45, 2.75) is 63.8 Å². The van der Waals surface area contributed by atoms with Crippen molar-refractivity contribution in [3.05, 3.63) is 53.2 Å². The number of hydrogen-bond acceptors (Lipinski definition) is 9. The Morgan fingerprint density at radius 2 is 2.02 bits per heavy atom. The molecule has 2 bridgehead atoms. The van der Waals surface area contributed by atoms with Crippen LogP contribution in [0.4, 0.5) is 11.5 Å². The van der Waals surface area contributed by atoms with Gasteiger partial charge in [0.1, 0.15) is 5.82 Å². The minimum Gasteiger partial charge on any atom is -0.463 e. The first-order valence-electron chi connectivity index (χ1n) is 15.6. The van der Waals surface area contributed by atoms with Gasteiger partial charge in [0.2, 0.25) is 0 Å². The molecule has 7 rings (SSSR count). The number of fused-ring (bicyclic) bond motifs is 4. The van der Waals surface area contributed by atoms with Crippen molar-refractivity contribution in [1.29, 1.82) is 5.26 Å². The number of piperazine rings is 1. The number of aryl methyl sites for hydroxylation is 1. The van der Waals surface area contributed by atoms with Gasteiger partial charge in [-0.25, -0.2) is 0 Å². The molecule has 0 radical (unpaired) electrons. The summed E-state index contributed by atoms with van der Waals surface area (Å²) in [6.07, 6.45) is 4.98. The number of anilines is 2. The number of aromatic nitrogens is 2. The summed E-state index contributed by atoms with van der Waals surface area (Å²) < 4.78 is 12.1. The number of hydrogen-bond donors (Lipinski definition) is 1. The normalized spacial score (nSPS) is 24.0. The number of rotatable bonds is 8. The van der Waals surface area contributed by atoms with E-state index < -0.39 is 0 Å². The largest absolute Gasteiger partial charge is 0.463 e. The molecule has 9 nitrogen and oxygen atoms in total. The number of morpholine rings is 1. The van der Waals surface area contributed by atoms with Crippen molar-refractivity contribution in [2.24, 2.45) is 0 Å². The monoisotopic (exact) mass is 567 g/mol. The van der Waals surface area contributed by atoms with E-state index in [4.69, 9.17) is 19.4 Å². The van der Waals surface area contributed by atoms with E-state index in [1.54, 1.807) is 0 Å². The fourth-order valence-electron chi connectivity index (χ4n) is 7.34. The zero-order chi connectivity index (χ0) is 28.5. The van der Waals surface area contributed by atoms with E-state index in [-0.39, 0.29) is 6.04 Å². The molecule has 9 heteroatoms. The quantitative estimate of drug-likeness (QED) is 0.408. The molecule has 4 aliphatic rings. The smallest absolute Gasteiger partial charge is 0.318 e. The van der Waals surface area contributed by atoms with Crippen LogP contribution >= 0.6 is 0 Å². The first-order valence-corrected chi connectivity index (χ1v) is 15.6. The minimum atomic E-state index is 0.138. The number of ether oxygens (including phenoxy) is 2. The minimum absolute atomic E-state index is 0.138. The van der Waals surface area contributed by atoms with E-state index >= 15 is 0 Å². The number of nitrogens with zero attached hydrogens (tertiary/aromatic N) is 6. The molecule has 0 amide bonds. The van der Waals surface area contributed by atoms with Gasteiger partial charge in [-0.3, -0.25) is 4.90 Å². The Labute approximate surface area is 248 Å². The van der Waals surface area contributed by atoms with Crippen LogP contribution in [0.2, 0.25) is 0 Å². The van der Waals surface area contributed by atoms with Crippen LogP contribution in [0.1, 0.15) is 42.5 Å². The summed E-state index contributed by atoms with van der Waals surface area (Å²) in [5, 5.41) is 15.4. The molecule has 220 valence electrons. The summed E-state index contributed by atoms with van der Waals surface area (Å²) in [6.45, 7) is 9.87. The zero-order valence-electron chi connectivity index (χ0n) is 24.6. The highest BCUT2D eigenvalue weighted by Crippen LogP contribution is 2.35. The van der Waals surface area contributed by atoms with Gasteiger partial charge in [-0.2, -0.15) is 15.2 Å². The lowest BCUT2D eigenvalue weighted by molar-refractivity contribution is 0.0287. The third-order valence-corrected chi connectivity index (χ3v) is 9.40. The summed E-state index contributed by atoms with van der Waals surface area (Å²) in [7, 11) is 0. The molecule has 2 aromatic carbocycles. The van der Waals surface area contributed by atoms with Crippen LogP contribution in [-0.4, -0.2) is 85.5 Å². The van der Waals surface area contributed by atoms with Crippen LogP contribution in [-0.2, 0) is 17.7 Å². The highest BCUT2D eigenvalue weighted by atomic mass is 16.5. The SMILES string of the molecule is Cc1cccc2cccc(N3CCCc4c(nc(OCCCN5C[C@@H]6C[C@H]5CO6)nc4N4CCNC(CC#N)C4)C3)c12. The van der Waals surface area contributed by atoms with Crippen molar-refractivity contribution >= 4 is 22.3 Å². The average molecular weight is 568 g/mol. The molecule has 3 fully saturated rings.